The molecule has 2 aromatic heterocycles. The maximum Gasteiger partial charge on any atom is 0.212 e. The highest BCUT2D eigenvalue weighted by Crippen LogP contribution is 2.28. The van der Waals surface area contributed by atoms with Crippen LogP contribution in [0.2, 0.25) is 0 Å². The van der Waals surface area contributed by atoms with Crippen molar-refractivity contribution in [3.8, 4) is 11.4 Å². The van der Waals surface area contributed by atoms with E-state index in [1.807, 2.05) is 22.2 Å². The summed E-state index contributed by atoms with van der Waals surface area (Å²) in [5.41, 5.74) is 3.19. The normalized spacial score (nSPS) is 13.9. The zero-order valence-corrected chi connectivity index (χ0v) is 12.9. The summed E-state index contributed by atoms with van der Waals surface area (Å²) in [5.74, 6) is 1.55. The lowest BCUT2D eigenvalue weighted by Gasteiger charge is -2.12. The molecule has 1 aliphatic heterocycles. The molecule has 0 N–H and O–H groups in total. The first kappa shape index (κ1) is 12.7. The molecule has 104 valence electrons. The van der Waals surface area contributed by atoms with Crippen molar-refractivity contribution in [1.82, 2.24) is 19.9 Å². The second kappa shape index (κ2) is 5.09. The minimum absolute atomic E-state index is 0.773. The molecule has 0 bridgehead atoms. The Hall–Kier alpha value is -1.99. The van der Waals surface area contributed by atoms with Gasteiger partial charge in [-0.3, -0.25) is 0 Å². The van der Waals surface area contributed by atoms with Crippen molar-refractivity contribution in [3.05, 3.63) is 46.4 Å². The second-order valence-electron chi connectivity index (χ2n) is 4.66. The average molecular weight is 313 g/mol. The molecule has 21 heavy (non-hydrogen) atoms. The first-order chi connectivity index (χ1) is 10.3. The van der Waals surface area contributed by atoms with Crippen LogP contribution in [0.4, 0.5) is 0 Å². The summed E-state index contributed by atoms with van der Waals surface area (Å²) < 4.78 is 1.82. The molecule has 0 atom stereocenters. The van der Waals surface area contributed by atoms with Crippen molar-refractivity contribution in [2.75, 3.05) is 5.75 Å². The van der Waals surface area contributed by atoms with Crippen LogP contribution >= 0.6 is 23.1 Å². The molecular formula is C14H11N5S2. The molecule has 1 aromatic carbocycles. The lowest BCUT2D eigenvalue weighted by molar-refractivity contribution is 0.762. The Morgan fingerprint density at radius 2 is 2.19 bits per heavy atom. The Bertz CT molecular complexity index is 820. The van der Waals surface area contributed by atoms with Crippen molar-refractivity contribution < 1.29 is 0 Å². The third-order valence-corrected chi connectivity index (χ3v) is 4.88. The number of aromatic nitrogens is 4. The van der Waals surface area contributed by atoms with E-state index in [4.69, 9.17) is 0 Å². The van der Waals surface area contributed by atoms with Gasteiger partial charge in [-0.2, -0.15) is 9.78 Å². The van der Waals surface area contributed by atoms with Gasteiger partial charge in [0.1, 0.15) is 10.7 Å². The van der Waals surface area contributed by atoms with E-state index >= 15 is 0 Å². The van der Waals surface area contributed by atoms with Crippen LogP contribution in [0.25, 0.3) is 11.4 Å². The highest BCUT2D eigenvalue weighted by atomic mass is 32.2. The lowest BCUT2D eigenvalue weighted by Crippen LogP contribution is -2.13. The average Bonchev–Trinajstić information content (AvgIpc) is 3.16. The van der Waals surface area contributed by atoms with Gasteiger partial charge < -0.3 is 0 Å². The second-order valence-corrected chi connectivity index (χ2v) is 6.50. The number of hydrogen-bond donors (Lipinski definition) is 0. The molecular weight excluding hydrogens is 302 g/mol. The standard InChI is InChI=1S/C14H11N5S2/c1-9-3-2-4-10(7-9)12-16-17-14-19(12)18-11(8-21-14)13-15-5-6-20-13/h2-7H,8H2,1H3. The largest absolute Gasteiger partial charge is 0.243 e. The topological polar surface area (TPSA) is 56.0 Å². The van der Waals surface area contributed by atoms with Crippen molar-refractivity contribution in [2.24, 2.45) is 5.10 Å². The molecule has 0 amide bonds. The number of thioether (sulfide) groups is 1. The highest BCUT2D eigenvalue weighted by Gasteiger charge is 2.21. The number of benzene rings is 1. The summed E-state index contributed by atoms with van der Waals surface area (Å²) in [7, 11) is 0. The Labute approximate surface area is 129 Å². The summed E-state index contributed by atoms with van der Waals surface area (Å²) in [6.45, 7) is 2.07. The Morgan fingerprint density at radius 1 is 1.24 bits per heavy atom. The van der Waals surface area contributed by atoms with Crippen LogP contribution < -0.4 is 0 Å². The fourth-order valence-corrected chi connectivity index (χ4v) is 3.68. The molecule has 0 radical (unpaired) electrons. The molecule has 7 heteroatoms. The number of rotatable bonds is 2. The molecule has 0 spiro atoms. The Morgan fingerprint density at radius 3 is 3.00 bits per heavy atom. The maximum absolute atomic E-state index is 4.69. The van der Waals surface area contributed by atoms with E-state index in [0.29, 0.717) is 0 Å². The number of aryl methyl sites for hydroxylation is 1. The monoisotopic (exact) mass is 313 g/mol. The third-order valence-electron chi connectivity index (χ3n) is 3.13. The highest BCUT2D eigenvalue weighted by molar-refractivity contribution is 7.99. The van der Waals surface area contributed by atoms with E-state index in [1.165, 1.54) is 5.56 Å². The van der Waals surface area contributed by atoms with Gasteiger partial charge >= 0.3 is 0 Å². The number of fused-ring (bicyclic) bond motifs is 1. The molecule has 1 aliphatic rings. The van der Waals surface area contributed by atoms with Gasteiger partial charge in [0.2, 0.25) is 5.16 Å². The summed E-state index contributed by atoms with van der Waals surface area (Å²) in [5, 5.41) is 17.0. The van der Waals surface area contributed by atoms with E-state index in [9.17, 15) is 0 Å². The minimum atomic E-state index is 0.773. The van der Waals surface area contributed by atoms with Crippen LogP contribution in [0.15, 0.2) is 46.1 Å². The van der Waals surface area contributed by atoms with E-state index in [1.54, 1.807) is 29.3 Å². The van der Waals surface area contributed by atoms with Crippen molar-refractivity contribution in [3.63, 3.8) is 0 Å². The van der Waals surface area contributed by atoms with Gasteiger partial charge in [-0.1, -0.05) is 35.5 Å². The smallest absolute Gasteiger partial charge is 0.212 e. The Balaban J connectivity index is 1.83. The van der Waals surface area contributed by atoms with Gasteiger partial charge in [0, 0.05) is 22.9 Å². The minimum Gasteiger partial charge on any atom is -0.243 e. The molecule has 0 aliphatic carbocycles. The quantitative estimate of drug-likeness (QED) is 0.729. The van der Waals surface area contributed by atoms with Gasteiger partial charge in [0.25, 0.3) is 0 Å². The predicted octanol–water partition coefficient (Wildman–Crippen LogP) is 3.07. The molecule has 5 nitrogen and oxygen atoms in total. The van der Waals surface area contributed by atoms with Gasteiger partial charge in [-0.05, 0) is 13.0 Å². The zero-order valence-electron chi connectivity index (χ0n) is 11.2. The van der Waals surface area contributed by atoms with Crippen LogP contribution in [-0.4, -0.2) is 31.3 Å². The molecule has 3 aromatic rings. The molecule has 0 saturated heterocycles. The van der Waals surface area contributed by atoms with Gasteiger partial charge in [-0.25, -0.2) is 4.98 Å². The number of hydrogen-bond acceptors (Lipinski definition) is 6. The van der Waals surface area contributed by atoms with Crippen LogP contribution in [0.1, 0.15) is 10.6 Å². The first-order valence-electron chi connectivity index (χ1n) is 6.44. The van der Waals surface area contributed by atoms with Crippen molar-refractivity contribution in [1.29, 1.82) is 0 Å². The van der Waals surface area contributed by atoms with E-state index in [0.717, 1.165) is 33.0 Å². The molecule has 0 unspecified atom stereocenters. The molecule has 0 fully saturated rings. The van der Waals surface area contributed by atoms with Crippen LogP contribution in [-0.2, 0) is 0 Å². The Kier molecular flexibility index (Phi) is 3.08. The number of thiazole rings is 1. The first-order valence-corrected chi connectivity index (χ1v) is 8.31. The van der Waals surface area contributed by atoms with E-state index < -0.39 is 0 Å². The van der Waals surface area contributed by atoms with E-state index in [2.05, 4.69) is 39.3 Å². The van der Waals surface area contributed by atoms with Gasteiger partial charge in [-0.15, -0.1) is 21.5 Å². The number of nitrogens with zero attached hydrogens (tertiary/aromatic N) is 5. The van der Waals surface area contributed by atoms with Gasteiger partial charge in [0.15, 0.2) is 5.82 Å². The maximum atomic E-state index is 4.69. The molecule has 0 saturated carbocycles. The van der Waals surface area contributed by atoms with Crippen LogP contribution in [0.5, 0.6) is 0 Å². The molecule has 3 heterocycles. The summed E-state index contributed by atoms with van der Waals surface area (Å²) >= 11 is 3.24. The van der Waals surface area contributed by atoms with E-state index in [-0.39, 0.29) is 0 Å². The lowest BCUT2D eigenvalue weighted by atomic mass is 10.1. The summed E-state index contributed by atoms with van der Waals surface area (Å²) in [4.78, 5) is 4.33. The fraction of sp³-hybridized carbons (Fsp3) is 0.143. The zero-order chi connectivity index (χ0) is 14.2. The summed E-state index contributed by atoms with van der Waals surface area (Å²) in [6.07, 6.45) is 1.80. The van der Waals surface area contributed by atoms with Crippen LogP contribution in [0.3, 0.4) is 0 Å². The fourth-order valence-electron chi connectivity index (χ4n) is 2.16. The summed E-state index contributed by atoms with van der Waals surface area (Å²) in [6, 6.07) is 8.21. The van der Waals surface area contributed by atoms with Crippen molar-refractivity contribution >= 4 is 28.8 Å². The molecule has 4 rings (SSSR count). The third kappa shape index (κ3) is 2.28. The van der Waals surface area contributed by atoms with Crippen molar-refractivity contribution in [2.45, 2.75) is 12.1 Å². The SMILES string of the molecule is Cc1cccc(-c2nnc3n2N=C(c2nccs2)CS3)c1. The van der Waals surface area contributed by atoms with Gasteiger partial charge in [0.05, 0.1) is 0 Å². The van der Waals surface area contributed by atoms with Crippen LogP contribution in [0, 0.1) is 6.92 Å². The predicted molar refractivity (Wildman–Crippen MR) is 85.0 cm³/mol.